The second-order valence-corrected chi connectivity index (χ2v) is 7.38. The third-order valence-corrected chi connectivity index (χ3v) is 4.78. The van der Waals surface area contributed by atoms with Gasteiger partial charge in [-0.1, -0.05) is 4.49 Å². The van der Waals surface area contributed by atoms with Gasteiger partial charge in [-0.25, -0.2) is 4.68 Å². The molecule has 1 aromatic carbocycles. The van der Waals surface area contributed by atoms with Crippen molar-refractivity contribution >= 4 is 45.7 Å². The highest BCUT2D eigenvalue weighted by molar-refractivity contribution is 14.1. The molecule has 0 bridgehead atoms. The average Bonchev–Trinajstić information content (AvgIpc) is 3.14. The van der Waals surface area contributed by atoms with Crippen molar-refractivity contribution in [3.8, 4) is 5.69 Å². The van der Waals surface area contributed by atoms with Crippen LogP contribution >= 0.6 is 34.1 Å². The van der Waals surface area contributed by atoms with Crippen LogP contribution in [0.25, 0.3) is 5.69 Å². The summed E-state index contributed by atoms with van der Waals surface area (Å²) < 4.78 is 28.9. The van der Waals surface area contributed by atoms with Gasteiger partial charge in [0.25, 0.3) is 5.91 Å². The van der Waals surface area contributed by atoms with Gasteiger partial charge in [0.1, 0.15) is 10.6 Å². The Labute approximate surface area is 159 Å². The molecule has 0 spiro atoms. The van der Waals surface area contributed by atoms with Crippen molar-refractivity contribution in [2.45, 2.75) is 17.8 Å². The van der Waals surface area contributed by atoms with Crippen molar-refractivity contribution in [2.75, 3.05) is 5.32 Å². The van der Waals surface area contributed by atoms with Gasteiger partial charge in [-0.3, -0.25) is 4.79 Å². The number of anilines is 1. The van der Waals surface area contributed by atoms with Crippen LogP contribution in [-0.2, 0) is 3.93 Å². The molecule has 0 fully saturated rings. The molecule has 6 nitrogen and oxygen atoms in total. The summed E-state index contributed by atoms with van der Waals surface area (Å²) in [7, 11) is 0. The predicted octanol–water partition coefficient (Wildman–Crippen LogP) is 4.08. The van der Waals surface area contributed by atoms with Crippen molar-refractivity contribution in [2.24, 2.45) is 0 Å². The Kier molecular flexibility index (Phi) is 4.82. The number of rotatable bonds is 4. The highest BCUT2D eigenvalue weighted by Crippen LogP contribution is 2.34. The van der Waals surface area contributed by atoms with E-state index in [4.69, 9.17) is 0 Å². The number of halogens is 3. The number of carbonyl (C=O) groups is 1. The number of carbonyl (C=O) groups excluding carboxylic acids is 1. The SMILES string of the molecule is Cc1nnsc1C(=O)Nc1ccc(-n2nc(C(F)(F)I)cc2C)cc1. The van der Waals surface area contributed by atoms with Crippen molar-refractivity contribution < 1.29 is 13.6 Å². The number of aromatic nitrogens is 4. The Morgan fingerprint density at radius 2 is 1.96 bits per heavy atom. The van der Waals surface area contributed by atoms with Crippen molar-refractivity contribution in [1.82, 2.24) is 19.4 Å². The molecule has 0 unspecified atom stereocenters. The minimum Gasteiger partial charge on any atom is -0.321 e. The maximum Gasteiger partial charge on any atom is 0.339 e. The summed E-state index contributed by atoms with van der Waals surface area (Å²) in [6, 6.07) is 8.10. The summed E-state index contributed by atoms with van der Waals surface area (Å²) in [5, 5.41) is 10.5. The largest absolute Gasteiger partial charge is 0.339 e. The Morgan fingerprint density at radius 3 is 2.48 bits per heavy atom. The number of nitrogens with zero attached hydrogens (tertiary/aromatic N) is 4. The van der Waals surface area contributed by atoms with Crippen molar-refractivity contribution in [3.63, 3.8) is 0 Å². The highest BCUT2D eigenvalue weighted by Gasteiger charge is 2.31. The molecule has 1 N–H and O–H groups in total. The average molecular weight is 475 g/mol. The number of amides is 1. The molecule has 130 valence electrons. The van der Waals surface area contributed by atoms with Crippen LogP contribution in [0.1, 0.15) is 26.8 Å². The molecule has 0 saturated heterocycles. The zero-order valence-electron chi connectivity index (χ0n) is 13.1. The summed E-state index contributed by atoms with van der Waals surface area (Å²) in [5.41, 5.74) is 2.06. The number of alkyl halides is 3. The molecule has 2 heterocycles. The van der Waals surface area contributed by atoms with E-state index in [1.54, 1.807) is 38.1 Å². The summed E-state index contributed by atoms with van der Waals surface area (Å²) >= 11 is 2.08. The van der Waals surface area contributed by atoms with Crippen molar-refractivity contribution in [1.29, 1.82) is 0 Å². The lowest BCUT2D eigenvalue weighted by molar-refractivity contribution is 0.102. The smallest absolute Gasteiger partial charge is 0.321 e. The quantitative estimate of drug-likeness (QED) is 0.456. The lowest BCUT2D eigenvalue weighted by atomic mass is 10.2. The third kappa shape index (κ3) is 3.84. The minimum atomic E-state index is -3.03. The maximum atomic E-state index is 13.4. The number of hydrogen-bond acceptors (Lipinski definition) is 5. The highest BCUT2D eigenvalue weighted by atomic mass is 127. The number of nitrogens with one attached hydrogen (secondary N) is 1. The molecule has 10 heteroatoms. The van der Waals surface area contributed by atoms with Crippen LogP contribution in [-0.4, -0.2) is 25.3 Å². The Hall–Kier alpha value is -1.95. The molecule has 0 atom stereocenters. The minimum absolute atomic E-state index is 0.289. The molecule has 0 saturated carbocycles. The summed E-state index contributed by atoms with van der Waals surface area (Å²) in [6.07, 6.45) is 0. The third-order valence-electron chi connectivity index (χ3n) is 3.41. The van der Waals surface area contributed by atoms with E-state index in [0.717, 1.165) is 34.1 Å². The van der Waals surface area contributed by atoms with Crippen molar-refractivity contribution in [3.05, 3.63) is 52.3 Å². The second-order valence-electron chi connectivity index (χ2n) is 5.27. The van der Waals surface area contributed by atoms with Gasteiger partial charge in [0, 0.05) is 34.0 Å². The number of hydrogen-bond donors (Lipinski definition) is 1. The fraction of sp³-hybridized carbons (Fsp3) is 0.200. The molecule has 0 aliphatic heterocycles. The second kappa shape index (κ2) is 6.75. The van der Waals surface area contributed by atoms with Gasteiger partial charge in [-0.15, -0.1) is 5.10 Å². The zero-order valence-corrected chi connectivity index (χ0v) is 16.1. The fourth-order valence-corrected chi connectivity index (χ4v) is 3.00. The van der Waals surface area contributed by atoms with Crippen LogP contribution in [0.4, 0.5) is 14.5 Å². The molecule has 0 aliphatic carbocycles. The first-order valence-corrected chi connectivity index (χ1v) is 8.95. The van der Waals surface area contributed by atoms with Gasteiger partial charge >= 0.3 is 3.93 Å². The monoisotopic (exact) mass is 475 g/mol. The topological polar surface area (TPSA) is 72.7 Å². The van der Waals surface area contributed by atoms with E-state index in [-0.39, 0.29) is 11.6 Å². The molecule has 1 amide bonds. The van der Waals surface area contributed by atoms with Gasteiger partial charge < -0.3 is 5.32 Å². The Morgan fingerprint density at radius 1 is 1.28 bits per heavy atom. The van der Waals surface area contributed by atoms with Crippen LogP contribution in [0.3, 0.4) is 0 Å². The van der Waals surface area contributed by atoms with E-state index in [1.807, 2.05) is 0 Å². The lowest BCUT2D eigenvalue weighted by Gasteiger charge is -2.08. The van der Waals surface area contributed by atoms with Gasteiger partial charge in [0.15, 0.2) is 0 Å². The molecule has 3 aromatic rings. The van der Waals surface area contributed by atoms with Crippen LogP contribution in [0, 0.1) is 13.8 Å². The molecule has 2 aromatic heterocycles. The molecule has 25 heavy (non-hydrogen) atoms. The van der Waals surface area contributed by atoms with E-state index in [9.17, 15) is 13.6 Å². The molecule has 0 aliphatic rings. The van der Waals surface area contributed by atoms with Gasteiger partial charge in [0.2, 0.25) is 0 Å². The van der Waals surface area contributed by atoms with Crippen LogP contribution in [0.2, 0.25) is 0 Å². The van der Waals surface area contributed by atoms with Gasteiger partial charge in [-0.2, -0.15) is 13.9 Å². The maximum absolute atomic E-state index is 13.4. The summed E-state index contributed by atoms with van der Waals surface area (Å²) in [5.74, 6) is -0.289. The summed E-state index contributed by atoms with van der Waals surface area (Å²) in [4.78, 5) is 12.6. The first-order chi connectivity index (χ1) is 11.8. The fourth-order valence-electron chi connectivity index (χ4n) is 2.19. The van der Waals surface area contributed by atoms with E-state index >= 15 is 0 Å². The number of aryl methyl sites for hydroxylation is 2. The Bertz CT molecular complexity index is 917. The van der Waals surface area contributed by atoms with E-state index in [0.29, 0.717) is 27.6 Å². The van der Waals surface area contributed by atoms with Crippen LogP contribution < -0.4 is 5.32 Å². The molecular weight excluding hydrogens is 463 g/mol. The first-order valence-electron chi connectivity index (χ1n) is 7.10. The number of benzene rings is 1. The normalized spacial score (nSPS) is 11.6. The zero-order chi connectivity index (χ0) is 18.2. The van der Waals surface area contributed by atoms with Crippen LogP contribution in [0.15, 0.2) is 30.3 Å². The Balaban J connectivity index is 1.80. The van der Waals surface area contributed by atoms with Gasteiger partial charge in [-0.05, 0) is 55.7 Å². The van der Waals surface area contributed by atoms with E-state index < -0.39 is 3.93 Å². The van der Waals surface area contributed by atoms with E-state index in [2.05, 4.69) is 20.0 Å². The summed E-state index contributed by atoms with van der Waals surface area (Å²) in [6.45, 7) is 3.41. The van der Waals surface area contributed by atoms with Crippen LogP contribution in [0.5, 0.6) is 0 Å². The molecule has 0 radical (unpaired) electrons. The molecule has 3 rings (SSSR count). The first kappa shape index (κ1) is 17.9. The molecular formula is C15H12F2IN5OS. The van der Waals surface area contributed by atoms with Gasteiger partial charge in [0.05, 0.1) is 11.4 Å². The van der Waals surface area contributed by atoms with E-state index in [1.165, 1.54) is 10.7 Å². The predicted molar refractivity (Wildman–Crippen MR) is 98.8 cm³/mol. The standard InChI is InChI=1S/C15H12F2IN5OS/c1-8-7-12(15(16,17)18)21-23(8)11-5-3-10(4-6-11)19-14(24)13-9(2)20-22-25-13/h3-7H,1-2H3,(H,19,24). The lowest BCUT2D eigenvalue weighted by Crippen LogP contribution is -2.11.